The van der Waals surface area contributed by atoms with Gasteiger partial charge >= 0.3 is 0 Å². The first kappa shape index (κ1) is 28.5. The van der Waals surface area contributed by atoms with Crippen molar-refractivity contribution < 1.29 is 4.42 Å². The van der Waals surface area contributed by atoms with Gasteiger partial charge in [0.25, 0.3) is 0 Å². The van der Waals surface area contributed by atoms with E-state index in [0.29, 0.717) is 5.95 Å². The lowest BCUT2D eigenvalue weighted by atomic mass is 10.0. The fraction of sp³-hybridized carbons (Fsp3) is 0. The van der Waals surface area contributed by atoms with E-state index in [2.05, 4.69) is 161 Å². The van der Waals surface area contributed by atoms with Crippen LogP contribution in [-0.2, 0) is 0 Å². The third-order valence-corrected chi connectivity index (χ3v) is 10.9. The minimum Gasteiger partial charge on any atom is -0.456 e. The van der Waals surface area contributed by atoms with Crippen molar-refractivity contribution >= 4 is 87.2 Å². The van der Waals surface area contributed by atoms with Crippen molar-refractivity contribution in [2.75, 3.05) is 0 Å². The van der Waals surface area contributed by atoms with Gasteiger partial charge < -0.3 is 8.98 Å². The molecule has 0 unspecified atom stereocenters. The van der Waals surface area contributed by atoms with E-state index in [4.69, 9.17) is 14.4 Å². The van der Waals surface area contributed by atoms with Gasteiger partial charge in [0.15, 0.2) is 0 Å². The molecular formula is C48H28N4O. The van der Waals surface area contributed by atoms with Crippen LogP contribution in [0.2, 0.25) is 0 Å². The van der Waals surface area contributed by atoms with Crippen molar-refractivity contribution in [3.8, 4) is 22.9 Å². The maximum atomic E-state index is 6.50. The summed E-state index contributed by atoms with van der Waals surface area (Å²) in [6.45, 7) is 0. The zero-order valence-corrected chi connectivity index (χ0v) is 28.4. The molecule has 0 bridgehead atoms. The second-order valence-corrected chi connectivity index (χ2v) is 13.7. The number of hydrogen-bond donors (Lipinski definition) is 0. The van der Waals surface area contributed by atoms with E-state index in [1.807, 2.05) is 18.2 Å². The molecule has 246 valence electrons. The van der Waals surface area contributed by atoms with E-state index in [-0.39, 0.29) is 0 Å². The van der Waals surface area contributed by atoms with Gasteiger partial charge in [-0.25, -0.2) is 9.97 Å². The molecule has 0 radical (unpaired) electrons. The molecule has 0 amide bonds. The summed E-state index contributed by atoms with van der Waals surface area (Å²) < 4.78 is 11.2. The Kier molecular flexibility index (Phi) is 5.71. The normalized spacial score (nSPS) is 12.2. The summed E-state index contributed by atoms with van der Waals surface area (Å²) in [5, 5.41) is 10.3. The lowest BCUT2D eigenvalue weighted by Gasteiger charge is -2.13. The smallest absolute Gasteiger partial charge is 0.235 e. The summed E-state index contributed by atoms with van der Waals surface area (Å²) in [4.78, 5) is 10.6. The second-order valence-electron chi connectivity index (χ2n) is 13.7. The topological polar surface area (TPSA) is 48.8 Å². The van der Waals surface area contributed by atoms with Gasteiger partial charge in [-0.3, -0.25) is 4.57 Å². The Labute approximate surface area is 302 Å². The van der Waals surface area contributed by atoms with Gasteiger partial charge in [-0.2, -0.15) is 0 Å². The number of aromatic nitrogens is 4. The number of rotatable bonds is 3. The van der Waals surface area contributed by atoms with Gasteiger partial charge in [-0.05, 0) is 53.9 Å². The minimum absolute atomic E-state index is 0.647. The zero-order valence-electron chi connectivity index (χ0n) is 28.4. The number of para-hydroxylation sites is 3. The lowest BCUT2D eigenvalue weighted by molar-refractivity contribution is 0.669. The van der Waals surface area contributed by atoms with Crippen molar-refractivity contribution in [3.05, 3.63) is 170 Å². The summed E-state index contributed by atoms with van der Waals surface area (Å²) in [6, 6.07) is 59.9. The molecule has 53 heavy (non-hydrogen) atoms. The standard InChI is InChI=1S/C48H28N4O/c1-2-14-30(15-3-1)46-32-18-6-9-21-36(32)49-48(50-46)52-38-22-10-7-19-33(38)43-40(52)27-26-39-44(43)35-25-28-42-45(34-20-8-11-24-41(34)53-42)47(35)51(39)37-23-12-16-29-13-4-5-17-31(29)37/h1-28H. The molecule has 0 saturated carbocycles. The molecule has 0 N–H and O–H groups in total. The van der Waals surface area contributed by atoms with Crippen LogP contribution in [0.4, 0.5) is 0 Å². The highest BCUT2D eigenvalue weighted by molar-refractivity contribution is 6.33. The van der Waals surface area contributed by atoms with Crippen LogP contribution in [-0.4, -0.2) is 19.1 Å². The Hall–Kier alpha value is -7.24. The van der Waals surface area contributed by atoms with Crippen molar-refractivity contribution in [3.63, 3.8) is 0 Å². The number of nitrogens with zero attached hydrogens (tertiary/aromatic N) is 4. The van der Waals surface area contributed by atoms with Gasteiger partial charge in [-0.15, -0.1) is 0 Å². The van der Waals surface area contributed by atoms with Crippen LogP contribution < -0.4 is 0 Å². The Balaban J connectivity index is 1.28. The van der Waals surface area contributed by atoms with E-state index < -0.39 is 0 Å². The lowest BCUT2D eigenvalue weighted by Crippen LogP contribution is -2.03. The molecule has 4 aromatic heterocycles. The average Bonchev–Trinajstić information content (AvgIpc) is 3.88. The molecule has 0 fully saturated rings. The average molecular weight is 677 g/mol. The molecule has 5 heteroatoms. The molecule has 12 aromatic rings. The Bertz CT molecular complexity index is 3450. The molecule has 0 atom stereocenters. The maximum absolute atomic E-state index is 6.50. The molecule has 12 rings (SSSR count). The summed E-state index contributed by atoms with van der Waals surface area (Å²) >= 11 is 0. The highest BCUT2D eigenvalue weighted by atomic mass is 16.3. The van der Waals surface area contributed by atoms with E-state index in [1.54, 1.807) is 0 Å². The monoisotopic (exact) mass is 676 g/mol. The number of furan rings is 1. The van der Waals surface area contributed by atoms with Crippen LogP contribution >= 0.6 is 0 Å². The summed E-state index contributed by atoms with van der Waals surface area (Å²) in [5.41, 5.74) is 10.2. The minimum atomic E-state index is 0.647. The third kappa shape index (κ3) is 3.91. The van der Waals surface area contributed by atoms with Crippen molar-refractivity contribution in [2.45, 2.75) is 0 Å². The van der Waals surface area contributed by atoms with E-state index >= 15 is 0 Å². The van der Waals surface area contributed by atoms with E-state index in [1.165, 1.54) is 26.9 Å². The van der Waals surface area contributed by atoms with Crippen molar-refractivity contribution in [1.82, 2.24) is 19.1 Å². The SMILES string of the molecule is c1ccc(-c2nc(-n3c4ccccc4c4c5c6ccc7oc8ccccc8c7c6n(-c6cccc7ccccc67)c5ccc43)nc3ccccc23)cc1. The molecule has 0 aliphatic rings. The molecule has 5 nitrogen and oxygen atoms in total. The van der Waals surface area contributed by atoms with Crippen LogP contribution in [0, 0.1) is 0 Å². The number of hydrogen-bond acceptors (Lipinski definition) is 3. The van der Waals surface area contributed by atoms with Gasteiger partial charge in [0.1, 0.15) is 11.2 Å². The fourth-order valence-corrected chi connectivity index (χ4v) is 8.71. The van der Waals surface area contributed by atoms with Gasteiger partial charge in [-0.1, -0.05) is 121 Å². The van der Waals surface area contributed by atoms with E-state index in [0.717, 1.165) is 77.2 Å². The molecule has 4 heterocycles. The Morgan fingerprint density at radius 3 is 1.96 bits per heavy atom. The molecule has 0 saturated heterocycles. The first-order valence-corrected chi connectivity index (χ1v) is 17.9. The summed E-state index contributed by atoms with van der Waals surface area (Å²) in [6.07, 6.45) is 0. The summed E-state index contributed by atoms with van der Waals surface area (Å²) in [5.74, 6) is 0.647. The predicted octanol–water partition coefficient (Wildman–Crippen LogP) is 12.5. The number of benzene rings is 8. The highest BCUT2D eigenvalue weighted by Crippen LogP contribution is 2.46. The molecule has 0 spiro atoms. The van der Waals surface area contributed by atoms with Gasteiger partial charge in [0.05, 0.1) is 44.4 Å². The van der Waals surface area contributed by atoms with Crippen molar-refractivity contribution in [1.29, 1.82) is 0 Å². The largest absolute Gasteiger partial charge is 0.456 e. The Morgan fingerprint density at radius 1 is 0.396 bits per heavy atom. The molecule has 0 aliphatic carbocycles. The molecule has 8 aromatic carbocycles. The van der Waals surface area contributed by atoms with Crippen LogP contribution in [0.3, 0.4) is 0 Å². The first-order chi connectivity index (χ1) is 26.3. The predicted molar refractivity (Wildman–Crippen MR) is 218 cm³/mol. The zero-order chi connectivity index (χ0) is 34.6. The van der Waals surface area contributed by atoms with Gasteiger partial charge in [0, 0.05) is 43.3 Å². The first-order valence-electron chi connectivity index (χ1n) is 17.9. The van der Waals surface area contributed by atoms with Crippen LogP contribution in [0.5, 0.6) is 0 Å². The maximum Gasteiger partial charge on any atom is 0.235 e. The quantitative estimate of drug-likeness (QED) is 0.187. The van der Waals surface area contributed by atoms with Crippen molar-refractivity contribution in [2.24, 2.45) is 0 Å². The number of fused-ring (bicyclic) bond motifs is 13. The molecule has 0 aliphatic heterocycles. The summed E-state index contributed by atoms with van der Waals surface area (Å²) in [7, 11) is 0. The van der Waals surface area contributed by atoms with E-state index in [9.17, 15) is 0 Å². The van der Waals surface area contributed by atoms with Crippen LogP contribution in [0.15, 0.2) is 174 Å². The third-order valence-electron chi connectivity index (χ3n) is 10.9. The van der Waals surface area contributed by atoms with Crippen LogP contribution in [0.1, 0.15) is 0 Å². The molecular weight excluding hydrogens is 649 g/mol. The Morgan fingerprint density at radius 2 is 1.08 bits per heavy atom. The van der Waals surface area contributed by atoms with Crippen LogP contribution in [0.25, 0.3) is 110 Å². The second kappa shape index (κ2) is 10.6. The highest BCUT2D eigenvalue weighted by Gasteiger charge is 2.25. The fourth-order valence-electron chi connectivity index (χ4n) is 8.71. The van der Waals surface area contributed by atoms with Gasteiger partial charge in [0.2, 0.25) is 5.95 Å².